The zero-order valence-corrected chi connectivity index (χ0v) is 15.6. The first-order valence-electron chi connectivity index (χ1n) is 8.37. The minimum atomic E-state index is -3.35. The maximum absolute atomic E-state index is 12.3. The van der Waals surface area contributed by atoms with Crippen molar-refractivity contribution in [2.75, 3.05) is 27.2 Å². The molecule has 1 saturated heterocycles. The van der Waals surface area contributed by atoms with Crippen LogP contribution in [0.2, 0.25) is 0 Å². The quantitative estimate of drug-likeness (QED) is 0.861. The third-order valence-corrected chi connectivity index (χ3v) is 6.33. The van der Waals surface area contributed by atoms with Gasteiger partial charge in [0.25, 0.3) is 10.2 Å². The summed E-state index contributed by atoms with van der Waals surface area (Å²) >= 11 is 0. The summed E-state index contributed by atoms with van der Waals surface area (Å²) in [6.45, 7) is 3.05. The highest BCUT2D eigenvalue weighted by Gasteiger charge is 2.30. The van der Waals surface area contributed by atoms with Crippen LogP contribution in [0.5, 0.6) is 0 Å². The molecule has 0 saturated carbocycles. The van der Waals surface area contributed by atoms with Crippen LogP contribution in [0.4, 0.5) is 0 Å². The van der Waals surface area contributed by atoms with Gasteiger partial charge in [-0.1, -0.05) is 0 Å². The number of aromatic amines is 1. The predicted molar refractivity (Wildman–Crippen MR) is 95.0 cm³/mol. The molecule has 0 radical (unpaired) electrons. The lowest BCUT2D eigenvalue weighted by Crippen LogP contribution is -2.45. The lowest BCUT2D eigenvalue weighted by molar-refractivity contribution is 0.253. The summed E-state index contributed by atoms with van der Waals surface area (Å²) in [6.07, 6.45) is 7.82. The van der Waals surface area contributed by atoms with Crippen LogP contribution in [0.25, 0.3) is 11.5 Å². The molecule has 8 nitrogen and oxygen atoms in total. The van der Waals surface area contributed by atoms with E-state index in [0.717, 1.165) is 30.7 Å². The number of aryl methyl sites for hydroxylation is 1. The van der Waals surface area contributed by atoms with Gasteiger partial charge in [0.2, 0.25) is 0 Å². The molecular weight excluding hydrogens is 340 g/mol. The third-order valence-electron chi connectivity index (χ3n) is 4.42. The highest BCUT2D eigenvalue weighted by atomic mass is 32.2. The van der Waals surface area contributed by atoms with E-state index in [4.69, 9.17) is 0 Å². The van der Waals surface area contributed by atoms with Crippen LogP contribution < -0.4 is 0 Å². The van der Waals surface area contributed by atoms with Gasteiger partial charge in [0.05, 0.1) is 11.9 Å². The molecule has 1 aliphatic heterocycles. The Morgan fingerprint density at radius 1 is 1.24 bits per heavy atom. The Morgan fingerprint density at radius 2 is 2.04 bits per heavy atom. The second kappa shape index (κ2) is 7.19. The molecule has 0 unspecified atom stereocenters. The van der Waals surface area contributed by atoms with Gasteiger partial charge in [0.1, 0.15) is 5.69 Å². The molecule has 9 heteroatoms. The van der Waals surface area contributed by atoms with Crippen molar-refractivity contribution in [2.24, 2.45) is 5.92 Å². The fourth-order valence-corrected chi connectivity index (χ4v) is 4.28. The summed E-state index contributed by atoms with van der Waals surface area (Å²) in [4.78, 5) is 16.3. The van der Waals surface area contributed by atoms with E-state index in [2.05, 4.69) is 19.9 Å². The van der Waals surface area contributed by atoms with Gasteiger partial charge >= 0.3 is 0 Å². The summed E-state index contributed by atoms with van der Waals surface area (Å²) in [5.41, 5.74) is 2.56. The van der Waals surface area contributed by atoms with E-state index in [0.29, 0.717) is 24.6 Å². The number of piperidine rings is 1. The molecule has 0 amide bonds. The molecule has 0 bridgehead atoms. The Labute approximate surface area is 148 Å². The van der Waals surface area contributed by atoms with Crippen molar-refractivity contribution in [1.29, 1.82) is 0 Å². The minimum Gasteiger partial charge on any atom is -0.341 e. The molecule has 3 rings (SSSR count). The normalized spacial score (nSPS) is 19.4. The summed E-state index contributed by atoms with van der Waals surface area (Å²) in [7, 11) is -0.209. The Kier molecular flexibility index (Phi) is 5.16. The topological polar surface area (TPSA) is 95.1 Å². The fraction of sp³-hybridized carbons (Fsp3) is 0.562. The van der Waals surface area contributed by atoms with E-state index >= 15 is 0 Å². The van der Waals surface area contributed by atoms with Crippen molar-refractivity contribution in [3.8, 4) is 11.5 Å². The molecule has 0 spiro atoms. The van der Waals surface area contributed by atoms with Gasteiger partial charge in [-0.3, -0.25) is 4.98 Å². The standard InChI is InChI=1S/C16H24N6O2S/c1-12-8-19-16(20-12)15-10-17-14(9-18-15)7-13-5-4-6-22(11-13)25(23,24)21(2)3/h8-10,13H,4-7,11H2,1-3H3,(H,19,20)/t13-/m1/s1. The van der Waals surface area contributed by atoms with E-state index in [1.54, 1.807) is 37.0 Å². The van der Waals surface area contributed by atoms with Crippen LogP contribution in [0.1, 0.15) is 24.2 Å². The predicted octanol–water partition coefficient (Wildman–Crippen LogP) is 1.24. The molecule has 1 fully saturated rings. The summed E-state index contributed by atoms with van der Waals surface area (Å²) in [5, 5.41) is 0. The average molecular weight is 364 g/mol. The van der Waals surface area contributed by atoms with Crippen molar-refractivity contribution in [3.63, 3.8) is 0 Å². The van der Waals surface area contributed by atoms with Crippen molar-refractivity contribution in [3.05, 3.63) is 30.0 Å². The SMILES string of the molecule is Cc1cnc(-c2cnc(C[C@H]3CCCN(S(=O)(=O)N(C)C)C3)cn2)[nH]1. The van der Waals surface area contributed by atoms with Crippen molar-refractivity contribution in [1.82, 2.24) is 28.5 Å². The van der Waals surface area contributed by atoms with Crippen LogP contribution in [0.15, 0.2) is 18.6 Å². The van der Waals surface area contributed by atoms with Crippen molar-refractivity contribution in [2.45, 2.75) is 26.2 Å². The molecule has 1 N–H and O–H groups in total. The summed E-state index contributed by atoms with van der Waals surface area (Å²) in [6, 6.07) is 0. The number of nitrogens with one attached hydrogen (secondary N) is 1. The number of rotatable bonds is 5. The summed E-state index contributed by atoms with van der Waals surface area (Å²) < 4.78 is 27.4. The third kappa shape index (κ3) is 4.05. The number of H-pyrrole nitrogens is 1. The molecule has 136 valence electrons. The molecule has 0 aromatic carbocycles. The highest BCUT2D eigenvalue weighted by Crippen LogP contribution is 2.23. The van der Waals surface area contributed by atoms with E-state index in [1.807, 2.05) is 6.92 Å². The molecule has 25 heavy (non-hydrogen) atoms. The Morgan fingerprint density at radius 3 is 2.64 bits per heavy atom. The first kappa shape index (κ1) is 18.0. The molecule has 3 heterocycles. The molecule has 1 atom stereocenters. The first-order valence-corrected chi connectivity index (χ1v) is 9.76. The van der Waals surface area contributed by atoms with Crippen LogP contribution in [-0.4, -0.2) is 64.1 Å². The van der Waals surface area contributed by atoms with Crippen LogP contribution in [0.3, 0.4) is 0 Å². The zero-order chi connectivity index (χ0) is 18.0. The molecular formula is C16H24N6O2S. The van der Waals surface area contributed by atoms with Gasteiger partial charge in [-0.15, -0.1) is 0 Å². The average Bonchev–Trinajstić information content (AvgIpc) is 3.02. The fourth-order valence-electron chi connectivity index (χ4n) is 3.06. The highest BCUT2D eigenvalue weighted by molar-refractivity contribution is 7.86. The van der Waals surface area contributed by atoms with E-state index in [9.17, 15) is 8.42 Å². The minimum absolute atomic E-state index is 0.259. The molecule has 2 aromatic rings. The van der Waals surface area contributed by atoms with Crippen molar-refractivity contribution < 1.29 is 8.42 Å². The first-order chi connectivity index (χ1) is 11.9. The summed E-state index contributed by atoms with van der Waals surface area (Å²) in [5.74, 6) is 0.965. The van der Waals surface area contributed by atoms with E-state index < -0.39 is 10.2 Å². The van der Waals surface area contributed by atoms with Gasteiger partial charge in [-0.2, -0.15) is 17.0 Å². The number of aromatic nitrogens is 4. The molecule has 2 aromatic heterocycles. The molecule has 0 aliphatic carbocycles. The van der Waals surface area contributed by atoms with Gasteiger partial charge in [0.15, 0.2) is 5.82 Å². The maximum atomic E-state index is 12.3. The largest absolute Gasteiger partial charge is 0.341 e. The lowest BCUT2D eigenvalue weighted by atomic mass is 9.95. The Hall–Kier alpha value is -1.84. The molecule has 1 aliphatic rings. The van der Waals surface area contributed by atoms with Crippen LogP contribution >= 0.6 is 0 Å². The number of imidazole rings is 1. The van der Waals surface area contributed by atoms with Gasteiger partial charge < -0.3 is 4.98 Å². The number of nitrogens with zero attached hydrogens (tertiary/aromatic N) is 5. The van der Waals surface area contributed by atoms with E-state index in [-0.39, 0.29) is 5.92 Å². The monoisotopic (exact) mass is 364 g/mol. The number of hydrogen-bond acceptors (Lipinski definition) is 5. The second-order valence-electron chi connectivity index (χ2n) is 6.67. The Bertz CT molecular complexity index is 815. The zero-order valence-electron chi connectivity index (χ0n) is 14.8. The van der Waals surface area contributed by atoms with Crippen molar-refractivity contribution >= 4 is 10.2 Å². The second-order valence-corrected chi connectivity index (χ2v) is 8.81. The van der Waals surface area contributed by atoms with Crippen LogP contribution in [0, 0.1) is 12.8 Å². The van der Waals surface area contributed by atoms with Gasteiger partial charge in [-0.05, 0) is 32.1 Å². The Balaban J connectivity index is 1.66. The van der Waals surface area contributed by atoms with Crippen LogP contribution in [-0.2, 0) is 16.6 Å². The van der Waals surface area contributed by atoms with Gasteiger partial charge in [-0.25, -0.2) is 9.97 Å². The number of hydrogen-bond donors (Lipinski definition) is 1. The maximum Gasteiger partial charge on any atom is 0.281 e. The smallest absolute Gasteiger partial charge is 0.281 e. The lowest BCUT2D eigenvalue weighted by Gasteiger charge is -2.33. The van der Waals surface area contributed by atoms with Gasteiger partial charge in [0, 0.05) is 45.3 Å². The van der Waals surface area contributed by atoms with E-state index in [1.165, 1.54) is 4.31 Å².